The summed E-state index contributed by atoms with van der Waals surface area (Å²) in [6.07, 6.45) is -5.42. The third kappa shape index (κ3) is 4.39. The molecule has 2 N–H and O–H groups in total. The molecule has 1 heterocycles. The number of rotatable bonds is 3. The first-order chi connectivity index (χ1) is 9.78. The van der Waals surface area contributed by atoms with Gasteiger partial charge in [-0.2, -0.15) is 13.2 Å². The van der Waals surface area contributed by atoms with Crippen molar-refractivity contribution >= 4 is 23.2 Å². The Labute approximate surface area is 130 Å². The van der Waals surface area contributed by atoms with Crippen LogP contribution in [0.15, 0.2) is 12.1 Å². The average Bonchev–Trinajstić information content (AvgIpc) is 2.36. The smallest absolute Gasteiger partial charge is 0.390 e. The van der Waals surface area contributed by atoms with Crippen LogP contribution in [-0.4, -0.2) is 42.4 Å². The topological polar surface area (TPSA) is 35.5 Å². The minimum Gasteiger partial charge on any atom is -0.508 e. The predicted octanol–water partition coefficient (Wildman–Crippen LogP) is 3.60. The highest BCUT2D eigenvalue weighted by Crippen LogP contribution is 2.42. The van der Waals surface area contributed by atoms with Crippen molar-refractivity contribution < 1.29 is 18.3 Å². The third-order valence-electron chi connectivity index (χ3n) is 3.42. The monoisotopic (exact) mass is 342 g/mol. The maximum atomic E-state index is 12.9. The largest absolute Gasteiger partial charge is 0.508 e. The molecule has 0 amide bonds. The molecule has 0 aliphatic carbocycles. The lowest BCUT2D eigenvalue weighted by Gasteiger charge is -2.36. The van der Waals surface area contributed by atoms with Crippen molar-refractivity contribution in [2.45, 2.75) is 18.6 Å². The van der Waals surface area contributed by atoms with Crippen LogP contribution in [0.2, 0.25) is 10.0 Å². The number of piperazine rings is 1. The molecule has 21 heavy (non-hydrogen) atoms. The summed E-state index contributed by atoms with van der Waals surface area (Å²) in [5.74, 6) is -0.305. The van der Waals surface area contributed by atoms with Gasteiger partial charge in [-0.1, -0.05) is 23.2 Å². The summed E-state index contributed by atoms with van der Waals surface area (Å²) in [5, 5.41) is 13.3. The van der Waals surface area contributed by atoms with Gasteiger partial charge in [0.1, 0.15) is 5.75 Å². The van der Waals surface area contributed by atoms with Crippen LogP contribution in [-0.2, 0) is 0 Å². The van der Waals surface area contributed by atoms with Gasteiger partial charge in [0.15, 0.2) is 0 Å². The molecule has 1 aliphatic rings. The highest BCUT2D eigenvalue weighted by molar-refractivity contribution is 6.35. The van der Waals surface area contributed by atoms with E-state index in [0.717, 1.165) is 0 Å². The summed E-state index contributed by atoms with van der Waals surface area (Å²) >= 11 is 11.8. The van der Waals surface area contributed by atoms with Crippen LogP contribution >= 0.6 is 23.2 Å². The fraction of sp³-hybridized carbons (Fsp3) is 0.538. The molecule has 0 saturated carbocycles. The molecule has 1 aromatic rings. The molecule has 8 heteroatoms. The molecular formula is C13H15Cl2F3N2O. The standard InChI is InChI=1S/C13H15Cl2F3N2O/c14-8-5-9(15)12(11(21)6-8)10(7-13(16,17)18)20-3-1-19-2-4-20/h5-6,10,19,21H,1-4,7H2/t10-/m0/s1. The lowest BCUT2D eigenvalue weighted by molar-refractivity contribution is -0.148. The maximum Gasteiger partial charge on any atom is 0.390 e. The van der Waals surface area contributed by atoms with E-state index in [1.165, 1.54) is 12.1 Å². The molecule has 1 aromatic carbocycles. The highest BCUT2D eigenvalue weighted by Gasteiger charge is 2.38. The summed E-state index contributed by atoms with van der Waals surface area (Å²) in [6.45, 7) is 2.11. The second-order valence-corrected chi connectivity index (χ2v) is 5.79. The van der Waals surface area contributed by atoms with Gasteiger partial charge < -0.3 is 10.4 Å². The number of hydrogen-bond acceptors (Lipinski definition) is 3. The van der Waals surface area contributed by atoms with Crippen molar-refractivity contribution in [2.75, 3.05) is 26.2 Å². The number of aromatic hydroxyl groups is 1. The van der Waals surface area contributed by atoms with E-state index >= 15 is 0 Å². The quantitative estimate of drug-likeness (QED) is 0.880. The van der Waals surface area contributed by atoms with Crippen molar-refractivity contribution in [3.63, 3.8) is 0 Å². The molecule has 1 saturated heterocycles. The van der Waals surface area contributed by atoms with Gasteiger partial charge in [-0.15, -0.1) is 0 Å². The van der Waals surface area contributed by atoms with Crippen LogP contribution in [0, 0.1) is 0 Å². The van der Waals surface area contributed by atoms with E-state index in [1.54, 1.807) is 4.90 Å². The van der Waals surface area contributed by atoms with E-state index in [1.807, 2.05) is 0 Å². The van der Waals surface area contributed by atoms with Crippen molar-refractivity contribution in [3.05, 3.63) is 27.7 Å². The van der Waals surface area contributed by atoms with Crippen LogP contribution in [0.4, 0.5) is 13.2 Å². The Bertz CT molecular complexity index is 482. The zero-order valence-corrected chi connectivity index (χ0v) is 12.6. The van der Waals surface area contributed by atoms with E-state index < -0.39 is 18.6 Å². The normalized spacial score (nSPS) is 18.7. The molecule has 0 radical (unpaired) electrons. The van der Waals surface area contributed by atoms with Gasteiger partial charge >= 0.3 is 6.18 Å². The summed E-state index contributed by atoms with van der Waals surface area (Å²) < 4.78 is 38.7. The van der Waals surface area contributed by atoms with Gasteiger partial charge in [-0.05, 0) is 12.1 Å². The average molecular weight is 343 g/mol. The first kappa shape index (κ1) is 16.7. The molecular weight excluding hydrogens is 328 g/mol. The van der Waals surface area contributed by atoms with Crippen molar-refractivity contribution in [1.82, 2.24) is 10.2 Å². The van der Waals surface area contributed by atoms with Crippen LogP contribution in [0.25, 0.3) is 0 Å². The Morgan fingerprint density at radius 1 is 1.24 bits per heavy atom. The van der Waals surface area contributed by atoms with E-state index in [2.05, 4.69) is 5.32 Å². The SMILES string of the molecule is Oc1cc(Cl)cc(Cl)c1[C@H](CC(F)(F)F)N1CCNCC1. The second kappa shape index (κ2) is 6.60. The molecule has 1 aliphatic heterocycles. The van der Waals surface area contributed by atoms with Crippen molar-refractivity contribution in [3.8, 4) is 5.75 Å². The van der Waals surface area contributed by atoms with Crippen LogP contribution in [0.1, 0.15) is 18.0 Å². The van der Waals surface area contributed by atoms with Gasteiger partial charge in [0.05, 0.1) is 11.4 Å². The lowest BCUT2D eigenvalue weighted by Crippen LogP contribution is -2.46. The zero-order valence-electron chi connectivity index (χ0n) is 11.1. The van der Waals surface area contributed by atoms with Crippen LogP contribution < -0.4 is 5.32 Å². The molecule has 0 bridgehead atoms. The Morgan fingerprint density at radius 2 is 1.86 bits per heavy atom. The Balaban J connectivity index is 2.39. The molecule has 0 spiro atoms. The fourth-order valence-corrected chi connectivity index (χ4v) is 3.14. The first-order valence-electron chi connectivity index (χ1n) is 6.47. The molecule has 2 rings (SSSR count). The number of hydrogen-bond donors (Lipinski definition) is 2. The summed E-state index contributed by atoms with van der Waals surface area (Å²) in [5.41, 5.74) is 0.0836. The molecule has 1 atom stereocenters. The number of phenols is 1. The molecule has 0 unspecified atom stereocenters. The van der Waals surface area contributed by atoms with Crippen molar-refractivity contribution in [2.24, 2.45) is 0 Å². The van der Waals surface area contributed by atoms with E-state index in [0.29, 0.717) is 26.2 Å². The third-order valence-corrected chi connectivity index (χ3v) is 3.95. The first-order valence-corrected chi connectivity index (χ1v) is 7.23. The zero-order chi connectivity index (χ0) is 15.6. The molecule has 0 aromatic heterocycles. The second-order valence-electron chi connectivity index (χ2n) is 4.94. The fourth-order valence-electron chi connectivity index (χ4n) is 2.53. The number of nitrogens with zero attached hydrogens (tertiary/aromatic N) is 1. The Morgan fingerprint density at radius 3 is 2.38 bits per heavy atom. The number of benzene rings is 1. The van der Waals surface area contributed by atoms with Gasteiger partial charge in [0, 0.05) is 42.8 Å². The predicted molar refractivity (Wildman–Crippen MR) is 76.0 cm³/mol. The lowest BCUT2D eigenvalue weighted by atomic mass is 9.99. The molecule has 3 nitrogen and oxygen atoms in total. The summed E-state index contributed by atoms with van der Waals surface area (Å²) in [7, 11) is 0. The van der Waals surface area contributed by atoms with Gasteiger partial charge in [-0.25, -0.2) is 0 Å². The number of nitrogens with one attached hydrogen (secondary N) is 1. The van der Waals surface area contributed by atoms with E-state index in [4.69, 9.17) is 23.2 Å². The summed E-state index contributed by atoms with van der Waals surface area (Å²) in [4.78, 5) is 1.68. The number of alkyl halides is 3. The number of phenolic OH excluding ortho intramolecular Hbond substituents is 1. The van der Waals surface area contributed by atoms with Gasteiger partial charge in [0.2, 0.25) is 0 Å². The number of halogens is 5. The van der Waals surface area contributed by atoms with E-state index in [9.17, 15) is 18.3 Å². The van der Waals surface area contributed by atoms with Gasteiger partial charge in [-0.3, -0.25) is 4.90 Å². The Hall–Kier alpha value is -0.690. The highest BCUT2D eigenvalue weighted by atomic mass is 35.5. The van der Waals surface area contributed by atoms with Crippen LogP contribution in [0.3, 0.4) is 0 Å². The molecule has 118 valence electrons. The van der Waals surface area contributed by atoms with E-state index in [-0.39, 0.29) is 21.4 Å². The summed E-state index contributed by atoms with van der Waals surface area (Å²) in [6, 6.07) is 1.55. The van der Waals surface area contributed by atoms with Gasteiger partial charge in [0.25, 0.3) is 0 Å². The molecule has 1 fully saturated rings. The minimum atomic E-state index is -4.36. The van der Waals surface area contributed by atoms with Crippen LogP contribution in [0.5, 0.6) is 5.75 Å². The maximum absolute atomic E-state index is 12.9. The van der Waals surface area contributed by atoms with Crippen molar-refractivity contribution in [1.29, 1.82) is 0 Å². The minimum absolute atomic E-state index is 0.0489. The Kier molecular flexibility index (Phi) is 5.24.